The average Bonchev–Trinajstić information content (AvgIpc) is 2.74. The van der Waals surface area contributed by atoms with Crippen LogP contribution in [-0.2, 0) is 0 Å². The molecule has 0 aromatic carbocycles. The predicted molar refractivity (Wildman–Crippen MR) is 65.2 cm³/mol. The third kappa shape index (κ3) is 3.01. The summed E-state index contributed by atoms with van der Waals surface area (Å²) in [7, 11) is 2.18. The number of thiophene rings is 1. The lowest BCUT2D eigenvalue weighted by molar-refractivity contribution is 0.148. The third-order valence-electron chi connectivity index (χ3n) is 2.96. The van der Waals surface area contributed by atoms with Crippen molar-refractivity contribution >= 4 is 11.3 Å². The Bertz CT molecular complexity index is 278. The highest BCUT2D eigenvalue weighted by Crippen LogP contribution is 2.18. The molecule has 1 atom stereocenters. The van der Waals surface area contributed by atoms with Gasteiger partial charge >= 0.3 is 0 Å². The van der Waals surface area contributed by atoms with Crippen molar-refractivity contribution in [3.8, 4) is 0 Å². The molecule has 1 aliphatic heterocycles. The Morgan fingerprint density at radius 2 is 2.13 bits per heavy atom. The molecule has 84 valence electrons. The van der Waals surface area contributed by atoms with Crippen LogP contribution in [0.4, 0.5) is 0 Å². The van der Waals surface area contributed by atoms with E-state index in [0.717, 1.165) is 32.7 Å². The molecule has 15 heavy (non-hydrogen) atoms. The topological polar surface area (TPSA) is 32.5 Å². The molecule has 0 radical (unpaired) electrons. The first-order valence-corrected chi connectivity index (χ1v) is 6.33. The number of rotatable bonds is 3. The van der Waals surface area contributed by atoms with Crippen LogP contribution in [0.1, 0.15) is 10.9 Å². The summed E-state index contributed by atoms with van der Waals surface area (Å²) < 4.78 is 0. The third-order valence-corrected chi connectivity index (χ3v) is 3.96. The van der Waals surface area contributed by atoms with E-state index < -0.39 is 0 Å². The van der Waals surface area contributed by atoms with Gasteiger partial charge < -0.3 is 10.6 Å². The van der Waals surface area contributed by atoms with Crippen LogP contribution in [0.5, 0.6) is 0 Å². The number of nitrogens with zero attached hydrogens (tertiary/aromatic N) is 2. The van der Waals surface area contributed by atoms with Gasteiger partial charge in [-0.15, -0.1) is 11.3 Å². The van der Waals surface area contributed by atoms with Gasteiger partial charge in [-0.05, 0) is 18.5 Å². The van der Waals surface area contributed by atoms with Gasteiger partial charge in [-0.25, -0.2) is 0 Å². The van der Waals surface area contributed by atoms with Crippen molar-refractivity contribution in [1.29, 1.82) is 0 Å². The largest absolute Gasteiger partial charge is 0.322 e. The Balaban J connectivity index is 1.82. The van der Waals surface area contributed by atoms with Gasteiger partial charge in [-0.3, -0.25) is 4.90 Å². The Morgan fingerprint density at radius 3 is 2.73 bits per heavy atom. The number of nitrogens with two attached hydrogens (primary N) is 1. The van der Waals surface area contributed by atoms with Gasteiger partial charge in [-0.2, -0.15) is 0 Å². The van der Waals surface area contributed by atoms with Crippen molar-refractivity contribution in [2.75, 3.05) is 39.8 Å². The second kappa shape index (κ2) is 5.07. The fourth-order valence-electron chi connectivity index (χ4n) is 1.90. The van der Waals surface area contributed by atoms with Crippen LogP contribution in [0.3, 0.4) is 0 Å². The summed E-state index contributed by atoms with van der Waals surface area (Å²) in [5.41, 5.74) is 6.16. The van der Waals surface area contributed by atoms with Crippen molar-refractivity contribution in [1.82, 2.24) is 9.80 Å². The minimum absolute atomic E-state index is 0.188. The van der Waals surface area contributed by atoms with E-state index in [4.69, 9.17) is 5.73 Å². The van der Waals surface area contributed by atoms with Gasteiger partial charge in [0.05, 0.1) is 6.04 Å². The zero-order valence-electron chi connectivity index (χ0n) is 9.22. The molecule has 0 amide bonds. The zero-order chi connectivity index (χ0) is 10.7. The lowest BCUT2D eigenvalue weighted by atomic mass is 10.2. The molecule has 0 bridgehead atoms. The molecule has 0 spiro atoms. The van der Waals surface area contributed by atoms with E-state index in [0.29, 0.717) is 0 Å². The first-order valence-electron chi connectivity index (χ1n) is 5.45. The van der Waals surface area contributed by atoms with Crippen LogP contribution in [0.2, 0.25) is 0 Å². The van der Waals surface area contributed by atoms with Crippen molar-refractivity contribution in [2.24, 2.45) is 5.73 Å². The average molecular weight is 225 g/mol. The molecule has 4 heteroatoms. The summed E-state index contributed by atoms with van der Waals surface area (Å²) >= 11 is 1.76. The molecular weight excluding hydrogens is 206 g/mol. The normalized spacial score (nSPS) is 21.7. The molecule has 2 rings (SSSR count). The van der Waals surface area contributed by atoms with Crippen LogP contribution in [-0.4, -0.2) is 49.6 Å². The van der Waals surface area contributed by atoms with Gasteiger partial charge in [-0.1, -0.05) is 6.07 Å². The monoisotopic (exact) mass is 225 g/mol. The minimum Gasteiger partial charge on any atom is -0.322 e. The van der Waals surface area contributed by atoms with Gasteiger partial charge in [0.2, 0.25) is 0 Å². The van der Waals surface area contributed by atoms with E-state index in [1.54, 1.807) is 11.3 Å². The second-order valence-corrected chi connectivity index (χ2v) is 5.21. The molecule has 1 saturated heterocycles. The Morgan fingerprint density at radius 1 is 1.40 bits per heavy atom. The lowest BCUT2D eigenvalue weighted by Crippen LogP contribution is -2.46. The molecule has 1 aliphatic rings. The Hall–Kier alpha value is -0.420. The standard InChI is InChI=1S/C11H19N3S/c1-13-4-6-14(7-5-13)9-10(12)11-3-2-8-15-11/h2-3,8,10H,4-7,9,12H2,1H3. The highest BCUT2D eigenvalue weighted by atomic mass is 32.1. The van der Waals surface area contributed by atoms with Gasteiger partial charge in [0, 0.05) is 37.6 Å². The highest BCUT2D eigenvalue weighted by Gasteiger charge is 2.17. The summed E-state index contributed by atoms with van der Waals surface area (Å²) in [6.45, 7) is 5.62. The molecule has 1 fully saturated rings. The fourth-order valence-corrected chi connectivity index (χ4v) is 2.62. The van der Waals surface area contributed by atoms with Gasteiger partial charge in [0.15, 0.2) is 0 Å². The van der Waals surface area contributed by atoms with Crippen LogP contribution < -0.4 is 5.73 Å². The molecule has 1 aromatic rings. The van der Waals surface area contributed by atoms with Crippen LogP contribution in [0, 0.1) is 0 Å². The van der Waals surface area contributed by atoms with E-state index >= 15 is 0 Å². The molecular formula is C11H19N3S. The summed E-state index contributed by atoms with van der Waals surface area (Å²) in [4.78, 5) is 6.13. The van der Waals surface area contributed by atoms with Crippen LogP contribution in [0.25, 0.3) is 0 Å². The number of hydrogen-bond acceptors (Lipinski definition) is 4. The number of hydrogen-bond donors (Lipinski definition) is 1. The van der Waals surface area contributed by atoms with E-state index in [2.05, 4.69) is 34.4 Å². The quantitative estimate of drug-likeness (QED) is 0.833. The molecule has 1 unspecified atom stereocenters. The van der Waals surface area contributed by atoms with Crippen molar-refractivity contribution in [2.45, 2.75) is 6.04 Å². The van der Waals surface area contributed by atoms with E-state index in [1.165, 1.54) is 4.88 Å². The number of piperazine rings is 1. The Labute approximate surface area is 95.5 Å². The lowest BCUT2D eigenvalue weighted by Gasteiger charge is -2.33. The maximum absolute atomic E-state index is 6.16. The van der Waals surface area contributed by atoms with E-state index in [-0.39, 0.29) is 6.04 Å². The molecule has 0 saturated carbocycles. The summed E-state index contributed by atoms with van der Waals surface area (Å²) in [5.74, 6) is 0. The summed E-state index contributed by atoms with van der Waals surface area (Å²) in [5, 5.41) is 2.10. The SMILES string of the molecule is CN1CCN(CC(N)c2cccs2)CC1. The molecule has 1 aromatic heterocycles. The Kier molecular flexibility index (Phi) is 3.75. The second-order valence-electron chi connectivity index (χ2n) is 4.23. The summed E-state index contributed by atoms with van der Waals surface area (Å²) in [6, 6.07) is 4.39. The molecule has 2 N–H and O–H groups in total. The zero-order valence-corrected chi connectivity index (χ0v) is 10.0. The molecule has 0 aliphatic carbocycles. The molecule has 3 nitrogen and oxygen atoms in total. The van der Waals surface area contributed by atoms with Gasteiger partial charge in [0.25, 0.3) is 0 Å². The fraction of sp³-hybridized carbons (Fsp3) is 0.636. The van der Waals surface area contributed by atoms with Crippen LogP contribution in [0.15, 0.2) is 17.5 Å². The van der Waals surface area contributed by atoms with E-state index in [9.17, 15) is 0 Å². The van der Waals surface area contributed by atoms with E-state index in [1.807, 2.05) is 0 Å². The highest BCUT2D eigenvalue weighted by molar-refractivity contribution is 7.10. The minimum atomic E-state index is 0.188. The first kappa shape index (κ1) is 11.1. The van der Waals surface area contributed by atoms with Gasteiger partial charge in [0.1, 0.15) is 0 Å². The van der Waals surface area contributed by atoms with Crippen molar-refractivity contribution < 1.29 is 0 Å². The van der Waals surface area contributed by atoms with Crippen molar-refractivity contribution in [3.05, 3.63) is 22.4 Å². The number of likely N-dealkylation sites (N-methyl/N-ethyl adjacent to an activating group) is 1. The first-order chi connectivity index (χ1) is 7.25. The maximum atomic E-state index is 6.16. The molecule has 2 heterocycles. The van der Waals surface area contributed by atoms with Crippen molar-refractivity contribution in [3.63, 3.8) is 0 Å². The predicted octanol–water partition coefficient (Wildman–Crippen LogP) is 0.995. The maximum Gasteiger partial charge on any atom is 0.0519 e. The van der Waals surface area contributed by atoms with Crippen LogP contribution >= 0.6 is 11.3 Å². The summed E-state index contributed by atoms with van der Waals surface area (Å²) in [6.07, 6.45) is 0. The smallest absolute Gasteiger partial charge is 0.0519 e.